The Hall–Kier alpha value is 0.0300. The zero-order valence-corrected chi connectivity index (χ0v) is 10.7. The fourth-order valence-electron chi connectivity index (χ4n) is 2.29. The van der Waals surface area contributed by atoms with Gasteiger partial charge in [0.15, 0.2) is 0 Å². The van der Waals surface area contributed by atoms with E-state index in [0.29, 0.717) is 0 Å². The molecule has 0 rings (SSSR count). The summed E-state index contributed by atoms with van der Waals surface area (Å²) >= 11 is 5.59. The summed E-state index contributed by atoms with van der Waals surface area (Å²) in [5.41, 5.74) is 1.67. The monoisotopic (exact) mass is 216 g/mol. The van der Waals surface area contributed by atoms with Crippen LogP contribution in [0.1, 0.15) is 59.3 Å². The third-order valence-corrected chi connectivity index (χ3v) is 3.22. The maximum Gasteiger partial charge on any atom is 0.000256 e. The third kappa shape index (κ3) is 5.70. The second kappa shape index (κ2) is 9.58. The minimum absolute atomic E-state index is 0.847. The lowest BCUT2D eigenvalue weighted by atomic mass is 9.81. The van der Waals surface area contributed by atoms with E-state index < -0.39 is 0 Å². The summed E-state index contributed by atoms with van der Waals surface area (Å²) < 4.78 is 0. The predicted molar refractivity (Wildman–Crippen MR) is 66.7 cm³/mol. The molecule has 2 atom stereocenters. The van der Waals surface area contributed by atoms with Crippen LogP contribution >= 0.6 is 11.6 Å². The van der Waals surface area contributed by atoms with Crippen LogP contribution in [0.15, 0.2) is 11.6 Å². The van der Waals surface area contributed by atoms with Crippen molar-refractivity contribution in [2.45, 2.75) is 59.3 Å². The van der Waals surface area contributed by atoms with E-state index in [-0.39, 0.29) is 0 Å². The zero-order valence-electron chi connectivity index (χ0n) is 9.93. The number of allylic oxidation sites excluding steroid dienone is 1. The van der Waals surface area contributed by atoms with E-state index in [2.05, 4.69) is 26.8 Å². The number of halogens is 1. The van der Waals surface area contributed by atoms with E-state index in [9.17, 15) is 0 Å². The van der Waals surface area contributed by atoms with Crippen LogP contribution in [-0.2, 0) is 0 Å². The molecule has 0 bridgehead atoms. The summed E-state index contributed by atoms with van der Waals surface area (Å²) in [5, 5.41) is 0. The molecule has 0 aliphatic heterocycles. The largest absolute Gasteiger partial charge is 0.0933 e. The lowest BCUT2D eigenvalue weighted by Gasteiger charge is -2.24. The molecule has 0 aromatic carbocycles. The standard InChI is InChI=1S/C13H25Cl/c1-4-8-12(6-3)13(9-5-2)10-7-11-14/h7,11-13H,4-6,8-10H2,1-3H3/b11-7+. The SMILES string of the molecule is CCCC(CC)C(C/C=C/Cl)CCC. The van der Waals surface area contributed by atoms with E-state index in [4.69, 9.17) is 11.6 Å². The van der Waals surface area contributed by atoms with Gasteiger partial charge in [0.05, 0.1) is 0 Å². The van der Waals surface area contributed by atoms with Gasteiger partial charge in [-0.1, -0.05) is 70.6 Å². The van der Waals surface area contributed by atoms with Gasteiger partial charge in [0, 0.05) is 5.54 Å². The summed E-state index contributed by atoms with van der Waals surface area (Å²) in [5.74, 6) is 1.74. The predicted octanol–water partition coefficient (Wildman–Crippen LogP) is 5.37. The second-order valence-corrected chi connectivity index (χ2v) is 4.36. The quantitative estimate of drug-likeness (QED) is 0.512. The van der Waals surface area contributed by atoms with Crippen LogP contribution in [0, 0.1) is 11.8 Å². The van der Waals surface area contributed by atoms with Crippen LogP contribution in [0.4, 0.5) is 0 Å². The fourth-order valence-corrected chi connectivity index (χ4v) is 2.39. The minimum atomic E-state index is 0.847. The van der Waals surface area contributed by atoms with Crippen molar-refractivity contribution in [3.8, 4) is 0 Å². The molecule has 0 radical (unpaired) electrons. The van der Waals surface area contributed by atoms with Crippen molar-refractivity contribution in [3.63, 3.8) is 0 Å². The highest BCUT2D eigenvalue weighted by Gasteiger charge is 2.16. The summed E-state index contributed by atoms with van der Waals surface area (Å²) in [6.45, 7) is 6.87. The first-order valence-electron chi connectivity index (χ1n) is 6.05. The van der Waals surface area contributed by atoms with Crippen LogP contribution in [0.3, 0.4) is 0 Å². The van der Waals surface area contributed by atoms with E-state index in [1.165, 1.54) is 32.1 Å². The van der Waals surface area contributed by atoms with Crippen molar-refractivity contribution >= 4 is 11.6 Å². The molecule has 0 aliphatic carbocycles. The molecule has 84 valence electrons. The summed E-state index contributed by atoms with van der Waals surface area (Å²) in [6, 6.07) is 0. The van der Waals surface area contributed by atoms with E-state index in [1.54, 1.807) is 5.54 Å². The van der Waals surface area contributed by atoms with Gasteiger partial charge in [-0.15, -0.1) is 0 Å². The molecule has 0 spiro atoms. The molecule has 0 amide bonds. The fraction of sp³-hybridized carbons (Fsp3) is 0.846. The molecule has 0 aromatic rings. The Morgan fingerprint density at radius 2 is 1.57 bits per heavy atom. The molecule has 1 heteroatoms. The molecule has 0 saturated carbocycles. The van der Waals surface area contributed by atoms with Crippen molar-refractivity contribution in [2.24, 2.45) is 11.8 Å². The Labute approximate surface area is 94.7 Å². The molecule has 14 heavy (non-hydrogen) atoms. The van der Waals surface area contributed by atoms with Crippen LogP contribution in [-0.4, -0.2) is 0 Å². The lowest BCUT2D eigenvalue weighted by Crippen LogP contribution is -2.13. The average Bonchev–Trinajstić information content (AvgIpc) is 2.21. The van der Waals surface area contributed by atoms with Crippen molar-refractivity contribution in [1.82, 2.24) is 0 Å². The van der Waals surface area contributed by atoms with Crippen molar-refractivity contribution in [1.29, 1.82) is 0 Å². The molecular formula is C13H25Cl. The Kier molecular flexibility index (Phi) is 9.60. The van der Waals surface area contributed by atoms with Gasteiger partial charge in [-0.2, -0.15) is 0 Å². The first-order valence-corrected chi connectivity index (χ1v) is 6.48. The van der Waals surface area contributed by atoms with Gasteiger partial charge in [-0.3, -0.25) is 0 Å². The zero-order chi connectivity index (χ0) is 10.8. The summed E-state index contributed by atoms with van der Waals surface area (Å²) in [6.07, 6.45) is 9.91. The normalized spacial score (nSPS) is 16.0. The maximum atomic E-state index is 5.59. The molecule has 0 heterocycles. The molecule has 2 unspecified atom stereocenters. The smallest absolute Gasteiger partial charge is 0.000256 e. The summed E-state index contributed by atoms with van der Waals surface area (Å²) in [4.78, 5) is 0. The average molecular weight is 217 g/mol. The van der Waals surface area contributed by atoms with Gasteiger partial charge in [0.2, 0.25) is 0 Å². The van der Waals surface area contributed by atoms with E-state index in [0.717, 1.165) is 18.3 Å². The first-order chi connectivity index (χ1) is 6.79. The maximum absolute atomic E-state index is 5.59. The van der Waals surface area contributed by atoms with E-state index in [1.807, 2.05) is 0 Å². The molecule has 0 nitrogen and oxygen atoms in total. The van der Waals surface area contributed by atoms with Gasteiger partial charge in [0.25, 0.3) is 0 Å². The molecule has 0 fully saturated rings. The highest BCUT2D eigenvalue weighted by Crippen LogP contribution is 2.28. The topological polar surface area (TPSA) is 0 Å². The van der Waals surface area contributed by atoms with Crippen molar-refractivity contribution < 1.29 is 0 Å². The van der Waals surface area contributed by atoms with E-state index >= 15 is 0 Å². The highest BCUT2D eigenvalue weighted by atomic mass is 35.5. The lowest BCUT2D eigenvalue weighted by molar-refractivity contribution is 0.284. The van der Waals surface area contributed by atoms with Crippen LogP contribution < -0.4 is 0 Å². The molecule has 0 saturated heterocycles. The third-order valence-electron chi connectivity index (χ3n) is 3.04. The Morgan fingerprint density at radius 1 is 1.00 bits per heavy atom. The first kappa shape index (κ1) is 14.0. The summed E-state index contributed by atoms with van der Waals surface area (Å²) in [7, 11) is 0. The van der Waals surface area contributed by atoms with Gasteiger partial charge in [-0.05, 0) is 18.3 Å². The van der Waals surface area contributed by atoms with Crippen molar-refractivity contribution in [3.05, 3.63) is 11.6 Å². The number of hydrogen-bond acceptors (Lipinski definition) is 0. The number of rotatable bonds is 8. The van der Waals surface area contributed by atoms with Gasteiger partial charge in [0.1, 0.15) is 0 Å². The van der Waals surface area contributed by atoms with Gasteiger partial charge < -0.3 is 0 Å². The van der Waals surface area contributed by atoms with Gasteiger partial charge >= 0.3 is 0 Å². The molecule has 0 aromatic heterocycles. The molecule has 0 N–H and O–H groups in total. The highest BCUT2D eigenvalue weighted by molar-refractivity contribution is 6.25. The Bertz CT molecular complexity index is 140. The van der Waals surface area contributed by atoms with Crippen LogP contribution in [0.5, 0.6) is 0 Å². The van der Waals surface area contributed by atoms with Crippen molar-refractivity contribution in [2.75, 3.05) is 0 Å². The van der Waals surface area contributed by atoms with Gasteiger partial charge in [-0.25, -0.2) is 0 Å². The number of hydrogen-bond donors (Lipinski definition) is 0. The second-order valence-electron chi connectivity index (χ2n) is 4.10. The van der Waals surface area contributed by atoms with Crippen LogP contribution in [0.25, 0.3) is 0 Å². The minimum Gasteiger partial charge on any atom is -0.0933 e. The molecular weight excluding hydrogens is 192 g/mol. The van der Waals surface area contributed by atoms with Crippen LogP contribution in [0.2, 0.25) is 0 Å². The molecule has 0 aliphatic rings. The Morgan fingerprint density at radius 3 is 2.00 bits per heavy atom. The Balaban J connectivity index is 4.11.